The van der Waals surface area contributed by atoms with Gasteiger partial charge >= 0.3 is 0 Å². The van der Waals surface area contributed by atoms with Crippen LogP contribution in [0.4, 0.5) is 0 Å². The molecule has 0 bridgehead atoms. The van der Waals surface area contributed by atoms with E-state index >= 15 is 0 Å². The molecular formula is C19H24N4O3. The first-order chi connectivity index (χ1) is 12.6. The first kappa shape index (κ1) is 19.5. The molecule has 26 heavy (non-hydrogen) atoms. The third-order valence-corrected chi connectivity index (χ3v) is 3.88. The van der Waals surface area contributed by atoms with Gasteiger partial charge in [-0.3, -0.25) is 19.6 Å². The van der Waals surface area contributed by atoms with Crippen molar-refractivity contribution in [1.29, 1.82) is 0 Å². The SMILES string of the molecule is COCCCNC(=O)c1cc(C(=O)N(C)CCc2ccncc2)ccn1. The highest BCUT2D eigenvalue weighted by Gasteiger charge is 2.15. The molecule has 2 aromatic rings. The first-order valence-electron chi connectivity index (χ1n) is 8.49. The summed E-state index contributed by atoms with van der Waals surface area (Å²) in [5, 5.41) is 2.76. The fourth-order valence-electron chi connectivity index (χ4n) is 2.36. The smallest absolute Gasteiger partial charge is 0.269 e. The highest BCUT2D eigenvalue weighted by molar-refractivity contribution is 5.98. The van der Waals surface area contributed by atoms with Crippen LogP contribution in [0.3, 0.4) is 0 Å². The molecule has 0 aliphatic carbocycles. The number of hydrogen-bond donors (Lipinski definition) is 1. The van der Waals surface area contributed by atoms with Gasteiger partial charge in [0.25, 0.3) is 11.8 Å². The van der Waals surface area contributed by atoms with Crippen LogP contribution in [0.25, 0.3) is 0 Å². The quantitative estimate of drug-likeness (QED) is 0.689. The molecule has 0 atom stereocenters. The lowest BCUT2D eigenvalue weighted by atomic mass is 10.1. The van der Waals surface area contributed by atoms with Crippen molar-refractivity contribution in [2.24, 2.45) is 0 Å². The molecule has 7 heteroatoms. The fraction of sp³-hybridized carbons (Fsp3) is 0.368. The molecule has 2 heterocycles. The van der Waals surface area contributed by atoms with Crippen LogP contribution >= 0.6 is 0 Å². The summed E-state index contributed by atoms with van der Waals surface area (Å²) < 4.78 is 4.94. The molecule has 0 saturated carbocycles. The predicted molar refractivity (Wildman–Crippen MR) is 98.0 cm³/mol. The van der Waals surface area contributed by atoms with Crippen molar-refractivity contribution < 1.29 is 14.3 Å². The number of carbonyl (C=O) groups excluding carboxylic acids is 2. The number of amides is 2. The van der Waals surface area contributed by atoms with Crippen LogP contribution in [0, 0.1) is 0 Å². The molecule has 2 rings (SSSR count). The Labute approximate surface area is 153 Å². The molecule has 138 valence electrons. The van der Waals surface area contributed by atoms with Gasteiger partial charge in [-0.25, -0.2) is 0 Å². The van der Waals surface area contributed by atoms with E-state index < -0.39 is 0 Å². The van der Waals surface area contributed by atoms with Crippen molar-refractivity contribution in [2.45, 2.75) is 12.8 Å². The van der Waals surface area contributed by atoms with Gasteiger partial charge in [-0.1, -0.05) is 0 Å². The minimum atomic E-state index is -0.296. The average Bonchev–Trinajstić information content (AvgIpc) is 2.69. The Hall–Kier alpha value is -2.80. The van der Waals surface area contributed by atoms with Crippen LogP contribution in [0.2, 0.25) is 0 Å². The molecule has 2 aromatic heterocycles. The first-order valence-corrected chi connectivity index (χ1v) is 8.49. The highest BCUT2D eigenvalue weighted by Crippen LogP contribution is 2.07. The van der Waals surface area contributed by atoms with E-state index in [1.54, 1.807) is 37.5 Å². The number of aromatic nitrogens is 2. The summed E-state index contributed by atoms with van der Waals surface area (Å²) in [6, 6.07) is 7.00. The van der Waals surface area contributed by atoms with Crippen LogP contribution in [-0.4, -0.2) is 60.5 Å². The van der Waals surface area contributed by atoms with E-state index in [0.717, 1.165) is 18.4 Å². The summed E-state index contributed by atoms with van der Waals surface area (Å²) in [6.45, 7) is 1.65. The van der Waals surface area contributed by atoms with Crippen LogP contribution in [0.5, 0.6) is 0 Å². The number of nitrogens with one attached hydrogen (secondary N) is 1. The van der Waals surface area contributed by atoms with Crippen molar-refractivity contribution in [3.63, 3.8) is 0 Å². The van der Waals surface area contributed by atoms with Gasteiger partial charge in [0, 0.05) is 58.0 Å². The molecule has 0 saturated heterocycles. The van der Waals surface area contributed by atoms with Gasteiger partial charge in [-0.15, -0.1) is 0 Å². The maximum Gasteiger partial charge on any atom is 0.269 e. The average molecular weight is 356 g/mol. The van der Waals surface area contributed by atoms with Crippen LogP contribution in [0.15, 0.2) is 42.9 Å². The second kappa shape index (κ2) is 10.2. The van der Waals surface area contributed by atoms with Crippen LogP contribution in [0.1, 0.15) is 32.8 Å². The minimum absolute atomic E-state index is 0.144. The normalized spacial score (nSPS) is 10.4. The standard InChI is InChI=1S/C19H24N4O3/c1-23(12-7-15-4-9-20-10-5-15)19(25)16-6-11-21-17(14-16)18(24)22-8-3-13-26-2/h4-6,9-11,14H,3,7-8,12-13H2,1-2H3,(H,22,24). The summed E-state index contributed by atoms with van der Waals surface area (Å²) in [6.07, 6.45) is 6.41. The molecule has 1 N–H and O–H groups in total. The number of carbonyl (C=O) groups is 2. The number of methoxy groups -OCH3 is 1. The Morgan fingerprint density at radius 3 is 2.69 bits per heavy atom. The second-order valence-corrected chi connectivity index (χ2v) is 5.86. The van der Waals surface area contributed by atoms with Crippen molar-refractivity contribution in [3.8, 4) is 0 Å². The predicted octanol–water partition coefficient (Wildman–Crippen LogP) is 1.56. The number of hydrogen-bond acceptors (Lipinski definition) is 5. The van der Waals surface area contributed by atoms with Crippen molar-refractivity contribution in [2.75, 3.05) is 33.9 Å². The van der Waals surface area contributed by atoms with Gasteiger partial charge in [0.05, 0.1) is 0 Å². The number of ether oxygens (including phenoxy) is 1. The number of rotatable bonds is 9. The van der Waals surface area contributed by atoms with E-state index in [-0.39, 0.29) is 17.5 Å². The summed E-state index contributed by atoms with van der Waals surface area (Å²) in [5.74, 6) is -0.440. The second-order valence-electron chi connectivity index (χ2n) is 5.86. The number of likely N-dealkylation sites (N-methyl/N-ethyl adjacent to an activating group) is 1. The summed E-state index contributed by atoms with van der Waals surface area (Å²) in [5.41, 5.74) is 1.79. The van der Waals surface area contributed by atoms with Gasteiger partial charge in [0.1, 0.15) is 5.69 Å². The molecule has 2 amide bonds. The zero-order valence-electron chi connectivity index (χ0n) is 15.1. The molecule has 7 nitrogen and oxygen atoms in total. The maximum atomic E-state index is 12.6. The van der Waals surface area contributed by atoms with E-state index in [1.165, 1.54) is 12.3 Å². The van der Waals surface area contributed by atoms with Gasteiger partial charge in [0.2, 0.25) is 0 Å². The molecule has 0 fully saturated rings. The lowest BCUT2D eigenvalue weighted by molar-refractivity contribution is 0.0796. The molecule has 0 aliphatic heterocycles. The van der Waals surface area contributed by atoms with Crippen molar-refractivity contribution in [3.05, 3.63) is 59.7 Å². The highest BCUT2D eigenvalue weighted by atomic mass is 16.5. The minimum Gasteiger partial charge on any atom is -0.385 e. The zero-order chi connectivity index (χ0) is 18.8. The third-order valence-electron chi connectivity index (χ3n) is 3.88. The summed E-state index contributed by atoms with van der Waals surface area (Å²) in [4.78, 5) is 34.4. The van der Waals surface area contributed by atoms with E-state index in [0.29, 0.717) is 25.3 Å². The maximum absolute atomic E-state index is 12.6. The van der Waals surface area contributed by atoms with Gasteiger partial charge in [-0.2, -0.15) is 0 Å². The Kier molecular flexibility index (Phi) is 7.70. The van der Waals surface area contributed by atoms with E-state index in [9.17, 15) is 9.59 Å². The summed E-state index contributed by atoms with van der Waals surface area (Å²) >= 11 is 0. The van der Waals surface area contributed by atoms with E-state index in [1.807, 2.05) is 12.1 Å². The number of pyridine rings is 2. The lowest BCUT2D eigenvalue weighted by Crippen LogP contribution is -2.30. The topological polar surface area (TPSA) is 84.4 Å². The van der Waals surface area contributed by atoms with E-state index in [4.69, 9.17) is 4.74 Å². The molecule has 0 radical (unpaired) electrons. The Bertz CT molecular complexity index is 722. The lowest BCUT2D eigenvalue weighted by Gasteiger charge is -2.17. The van der Waals surface area contributed by atoms with Crippen LogP contribution in [-0.2, 0) is 11.2 Å². The van der Waals surface area contributed by atoms with Gasteiger partial charge < -0.3 is 15.0 Å². The fourth-order valence-corrected chi connectivity index (χ4v) is 2.36. The van der Waals surface area contributed by atoms with Crippen molar-refractivity contribution in [1.82, 2.24) is 20.2 Å². The monoisotopic (exact) mass is 356 g/mol. The Morgan fingerprint density at radius 2 is 1.96 bits per heavy atom. The van der Waals surface area contributed by atoms with Crippen molar-refractivity contribution >= 4 is 11.8 Å². The Morgan fingerprint density at radius 1 is 1.19 bits per heavy atom. The van der Waals surface area contributed by atoms with Gasteiger partial charge in [-0.05, 0) is 42.7 Å². The number of nitrogens with zero attached hydrogens (tertiary/aromatic N) is 3. The van der Waals surface area contributed by atoms with Crippen LogP contribution < -0.4 is 5.32 Å². The van der Waals surface area contributed by atoms with Gasteiger partial charge in [0.15, 0.2) is 0 Å². The van der Waals surface area contributed by atoms with E-state index in [2.05, 4.69) is 15.3 Å². The summed E-state index contributed by atoms with van der Waals surface area (Å²) in [7, 11) is 3.36. The zero-order valence-corrected chi connectivity index (χ0v) is 15.1. The largest absolute Gasteiger partial charge is 0.385 e. The molecule has 0 spiro atoms. The molecular weight excluding hydrogens is 332 g/mol. The third kappa shape index (κ3) is 5.93. The molecule has 0 aromatic carbocycles. The molecule has 0 aliphatic rings. The molecule has 0 unspecified atom stereocenters. The Balaban J connectivity index is 1.92.